The Kier molecular flexibility index (Phi) is 44.4. The summed E-state index contributed by atoms with van der Waals surface area (Å²) >= 11 is 0. The van der Waals surface area contributed by atoms with Gasteiger partial charge < -0.3 is 18.9 Å². The van der Waals surface area contributed by atoms with Crippen molar-refractivity contribution >= 4 is 0 Å². The zero-order valence-corrected chi connectivity index (χ0v) is 42.8. The fourth-order valence-corrected chi connectivity index (χ4v) is 4.16. The number of hydrogen-bond acceptors (Lipinski definition) is 9. The van der Waals surface area contributed by atoms with Gasteiger partial charge in [0.2, 0.25) is 5.88 Å². The average molecular weight is 854 g/mol. The zero-order chi connectivity index (χ0) is 47.4. The first-order valence-corrected chi connectivity index (χ1v) is 22.7. The number of nitrogens with zero attached hydrogens (tertiary/aromatic N) is 5. The predicted octanol–water partition coefficient (Wildman–Crippen LogP) is 16.1. The summed E-state index contributed by atoms with van der Waals surface area (Å²) in [5.74, 6) is 5.85. The van der Waals surface area contributed by atoms with Crippen molar-refractivity contribution in [3.05, 3.63) is 90.2 Å². The van der Waals surface area contributed by atoms with Crippen molar-refractivity contribution in [2.24, 2.45) is 0 Å². The number of ether oxygens (including phenoxy) is 4. The molecule has 4 aromatic rings. The van der Waals surface area contributed by atoms with Crippen LogP contribution in [-0.2, 0) is 0 Å². The number of rotatable bonds is 12. The summed E-state index contributed by atoms with van der Waals surface area (Å²) in [5.41, 5.74) is 3.46. The van der Waals surface area contributed by atoms with Crippen molar-refractivity contribution in [1.82, 2.24) is 24.9 Å². The Morgan fingerprint density at radius 3 is 1.03 bits per heavy atom. The standard InChI is InChI=1S/C12H18O.C11H17NO.2C10H16N2O.4C2H6.CH4/c1-9(2)11-5-7-12(8-6-11)13-10(3)4;1-8(2)11-6-5-10(7-12-11)13-9(3)4;1-7(2)9-5-12-10(6-11-9)13-8(3)4;1-7(2)10-11-5-9(6-12-10)13-8(3)4;4*1-2;/h5-10H,1-4H3;5-9H,1-4H3;2*5-8H,1-4H3;4*1-2H3;1H4. The third-order valence-electron chi connectivity index (χ3n) is 6.77. The molecule has 0 spiro atoms. The first kappa shape index (κ1) is 65.8. The van der Waals surface area contributed by atoms with Gasteiger partial charge in [-0.1, -0.05) is 130 Å². The molecule has 4 rings (SSSR count). The Morgan fingerprint density at radius 1 is 0.328 bits per heavy atom. The van der Waals surface area contributed by atoms with E-state index in [-0.39, 0.29) is 31.8 Å². The molecule has 0 radical (unpaired) electrons. The molecule has 9 nitrogen and oxygen atoms in total. The largest absolute Gasteiger partial charge is 0.491 e. The second-order valence-corrected chi connectivity index (χ2v) is 14.8. The Morgan fingerprint density at radius 2 is 0.705 bits per heavy atom. The van der Waals surface area contributed by atoms with Crippen molar-refractivity contribution in [3.63, 3.8) is 0 Å². The first-order valence-electron chi connectivity index (χ1n) is 22.7. The van der Waals surface area contributed by atoms with Gasteiger partial charge in [0.15, 0.2) is 5.75 Å². The van der Waals surface area contributed by atoms with Gasteiger partial charge >= 0.3 is 0 Å². The Balaban J connectivity index is -0.000000215. The van der Waals surface area contributed by atoms with Crippen LogP contribution in [0.2, 0.25) is 0 Å². The van der Waals surface area contributed by atoms with E-state index in [0.717, 1.165) is 34.5 Å². The van der Waals surface area contributed by atoms with Crippen molar-refractivity contribution in [1.29, 1.82) is 0 Å². The maximum atomic E-state index is 5.55. The van der Waals surface area contributed by atoms with E-state index >= 15 is 0 Å². The van der Waals surface area contributed by atoms with Crippen molar-refractivity contribution in [3.8, 4) is 23.1 Å². The summed E-state index contributed by atoms with van der Waals surface area (Å²) in [7, 11) is 0. The van der Waals surface area contributed by atoms with Gasteiger partial charge in [-0.15, -0.1) is 0 Å². The number of hydrogen-bond donors (Lipinski definition) is 0. The molecule has 0 fully saturated rings. The smallest absolute Gasteiger partial charge is 0.232 e. The van der Waals surface area contributed by atoms with Crippen LogP contribution in [0, 0.1) is 0 Å². The molecule has 3 aromatic heterocycles. The van der Waals surface area contributed by atoms with E-state index in [4.69, 9.17) is 18.9 Å². The first-order chi connectivity index (χ1) is 28.4. The summed E-state index contributed by atoms with van der Waals surface area (Å²) in [6, 6.07) is 12.3. The van der Waals surface area contributed by atoms with Crippen molar-refractivity contribution in [2.75, 3.05) is 0 Å². The van der Waals surface area contributed by atoms with Crippen LogP contribution in [0.5, 0.6) is 23.1 Å². The Labute approximate surface area is 377 Å². The molecule has 61 heavy (non-hydrogen) atoms. The minimum absolute atomic E-state index is 0. The van der Waals surface area contributed by atoms with Crippen LogP contribution in [0.15, 0.2) is 67.4 Å². The highest BCUT2D eigenvalue weighted by molar-refractivity contribution is 5.29. The lowest BCUT2D eigenvalue weighted by molar-refractivity contribution is 0.231. The number of aromatic nitrogens is 5. The number of benzene rings is 1. The van der Waals surface area contributed by atoms with Crippen molar-refractivity contribution in [2.45, 2.75) is 222 Å². The highest BCUT2D eigenvalue weighted by Gasteiger charge is 2.05. The van der Waals surface area contributed by atoms with Crippen LogP contribution in [0.4, 0.5) is 0 Å². The second kappa shape index (κ2) is 41.1. The van der Waals surface area contributed by atoms with Crippen LogP contribution >= 0.6 is 0 Å². The van der Waals surface area contributed by atoms with Crippen LogP contribution in [0.25, 0.3) is 0 Å². The summed E-state index contributed by atoms with van der Waals surface area (Å²) in [4.78, 5) is 21.1. The van der Waals surface area contributed by atoms with E-state index < -0.39 is 0 Å². The monoisotopic (exact) mass is 854 g/mol. The van der Waals surface area contributed by atoms with Gasteiger partial charge in [-0.2, -0.15) is 0 Å². The maximum absolute atomic E-state index is 5.55. The van der Waals surface area contributed by atoms with E-state index in [2.05, 4.69) is 92.4 Å². The minimum Gasteiger partial charge on any atom is -0.491 e. The highest BCUT2D eigenvalue weighted by atomic mass is 16.5. The molecule has 0 aliphatic heterocycles. The second-order valence-electron chi connectivity index (χ2n) is 14.8. The molecule has 0 saturated carbocycles. The van der Waals surface area contributed by atoms with E-state index in [1.807, 2.05) is 135 Å². The normalized spacial score (nSPS) is 9.70. The Hall–Kier alpha value is -4.27. The zero-order valence-electron chi connectivity index (χ0n) is 42.8. The van der Waals surface area contributed by atoms with Gasteiger partial charge in [0.25, 0.3) is 0 Å². The third kappa shape index (κ3) is 35.1. The van der Waals surface area contributed by atoms with Crippen molar-refractivity contribution < 1.29 is 18.9 Å². The van der Waals surface area contributed by atoms with E-state index in [1.54, 1.807) is 31.0 Å². The summed E-state index contributed by atoms with van der Waals surface area (Å²) in [6.07, 6.45) is 9.47. The molecule has 0 N–H and O–H groups in total. The maximum Gasteiger partial charge on any atom is 0.232 e. The fourth-order valence-electron chi connectivity index (χ4n) is 4.16. The summed E-state index contributed by atoms with van der Waals surface area (Å²) in [5, 5.41) is 0. The van der Waals surface area contributed by atoms with Gasteiger partial charge in [-0.3, -0.25) is 9.97 Å². The van der Waals surface area contributed by atoms with Gasteiger partial charge in [0, 0.05) is 11.6 Å². The van der Waals surface area contributed by atoms with Crippen LogP contribution in [-0.4, -0.2) is 49.3 Å². The lowest BCUT2D eigenvalue weighted by atomic mass is 10.0. The topological polar surface area (TPSA) is 101 Å². The number of pyridine rings is 1. The van der Waals surface area contributed by atoms with Gasteiger partial charge in [-0.05, 0) is 103 Å². The van der Waals surface area contributed by atoms with E-state index in [1.165, 1.54) is 5.56 Å². The van der Waals surface area contributed by atoms with E-state index in [0.29, 0.717) is 29.6 Å². The molecular weight excluding hydrogens is 759 g/mol. The quantitative estimate of drug-likeness (QED) is 0.138. The van der Waals surface area contributed by atoms with Gasteiger partial charge in [-0.25, -0.2) is 15.0 Å². The molecule has 352 valence electrons. The third-order valence-corrected chi connectivity index (χ3v) is 6.77. The molecule has 9 heteroatoms. The fraction of sp³-hybridized carbons (Fsp3) is 0.635. The van der Waals surface area contributed by atoms with Gasteiger partial charge in [0.1, 0.15) is 17.3 Å². The van der Waals surface area contributed by atoms with Gasteiger partial charge in [0.05, 0.1) is 61.1 Å². The molecule has 0 aliphatic rings. The lowest BCUT2D eigenvalue weighted by Gasteiger charge is -2.11. The molecule has 1 aromatic carbocycles. The molecular formula is C52H95N5O4. The van der Waals surface area contributed by atoms with Crippen LogP contribution in [0.1, 0.15) is 220 Å². The minimum atomic E-state index is 0. The molecule has 0 saturated heterocycles. The van der Waals surface area contributed by atoms with Crippen LogP contribution in [0.3, 0.4) is 0 Å². The SMILES string of the molecule is C.CC.CC.CC.CC.CC(C)Oc1ccc(C(C)C)cc1.CC(C)Oc1ccc(C(C)C)nc1.CC(C)Oc1cnc(C(C)C)cn1.CC(C)Oc1cnc(C(C)C)nc1. The van der Waals surface area contributed by atoms with Crippen LogP contribution < -0.4 is 18.9 Å². The molecule has 0 unspecified atom stereocenters. The average Bonchev–Trinajstić information content (AvgIpc) is 3.21. The lowest BCUT2D eigenvalue weighted by Crippen LogP contribution is -2.07. The molecule has 0 bridgehead atoms. The predicted molar refractivity (Wildman–Crippen MR) is 266 cm³/mol. The highest BCUT2D eigenvalue weighted by Crippen LogP contribution is 2.20. The Bertz CT molecular complexity index is 1240. The van der Waals surface area contributed by atoms with E-state index in [9.17, 15) is 0 Å². The molecule has 3 heterocycles. The summed E-state index contributed by atoms with van der Waals surface area (Å²) in [6.45, 7) is 49.0. The molecule has 0 aliphatic carbocycles. The summed E-state index contributed by atoms with van der Waals surface area (Å²) < 4.78 is 21.8. The molecule has 0 amide bonds. The molecule has 0 atom stereocenters.